The number of fused-ring (bicyclic) bond motifs is 1. The molecule has 6 nitrogen and oxygen atoms in total. The van der Waals surface area contributed by atoms with Gasteiger partial charge < -0.3 is 15.1 Å². The monoisotopic (exact) mass is 471 g/mol. The Kier molecular flexibility index (Phi) is 6.40. The van der Waals surface area contributed by atoms with E-state index in [2.05, 4.69) is 44.4 Å². The van der Waals surface area contributed by atoms with E-state index in [1.807, 2.05) is 48.7 Å². The predicted octanol–water partition coefficient (Wildman–Crippen LogP) is 4.60. The zero-order valence-corrected chi connectivity index (χ0v) is 20.2. The zero-order valence-electron chi connectivity index (χ0n) is 20.2. The summed E-state index contributed by atoms with van der Waals surface area (Å²) in [4.78, 5) is 22.4. The summed E-state index contributed by atoms with van der Waals surface area (Å²) >= 11 is 0. The lowest BCUT2D eigenvalue weighted by Crippen LogP contribution is -2.46. The third-order valence-electron chi connectivity index (χ3n) is 6.69. The first kappa shape index (κ1) is 22.9. The Morgan fingerprint density at radius 3 is 2.14 bits per heavy atom. The van der Waals surface area contributed by atoms with Gasteiger partial charge in [-0.05, 0) is 66.9 Å². The van der Waals surface area contributed by atoms with Gasteiger partial charge in [-0.2, -0.15) is 0 Å². The Morgan fingerprint density at radius 2 is 1.54 bits per heavy atom. The van der Waals surface area contributed by atoms with Crippen LogP contribution < -0.4 is 15.1 Å². The highest BCUT2D eigenvalue weighted by Crippen LogP contribution is 2.22. The Bertz CT molecular complexity index is 1320. The maximum Gasteiger partial charge on any atom is 0.270 e. The van der Waals surface area contributed by atoms with Crippen LogP contribution in [0.25, 0.3) is 5.65 Å². The fourth-order valence-corrected chi connectivity index (χ4v) is 4.70. The summed E-state index contributed by atoms with van der Waals surface area (Å²) in [5.41, 5.74) is 6.59. The molecule has 3 heterocycles. The van der Waals surface area contributed by atoms with Gasteiger partial charge in [0, 0.05) is 50.3 Å². The van der Waals surface area contributed by atoms with Crippen molar-refractivity contribution in [3.8, 4) is 0 Å². The first-order valence-corrected chi connectivity index (χ1v) is 12.1. The molecule has 5 rings (SSSR count). The SMILES string of the molecule is CCc1nc2c(C)cccn2c1C(=O)NCc1ccc(N2CCN(c3ccc(F)cc3)CC2)cc1. The molecule has 1 aliphatic rings. The average molecular weight is 472 g/mol. The number of hydrogen-bond donors (Lipinski definition) is 1. The quantitative estimate of drug-likeness (QED) is 0.447. The molecule has 2 aromatic heterocycles. The Labute approximate surface area is 205 Å². The maximum atomic E-state index is 13.2. The Balaban J connectivity index is 1.20. The second-order valence-electron chi connectivity index (χ2n) is 8.95. The fraction of sp³-hybridized carbons (Fsp3) is 0.286. The number of imidazole rings is 1. The molecular formula is C28H30FN5O. The summed E-state index contributed by atoms with van der Waals surface area (Å²) in [6.45, 7) is 8.07. The van der Waals surface area contributed by atoms with Crippen molar-refractivity contribution < 1.29 is 9.18 Å². The summed E-state index contributed by atoms with van der Waals surface area (Å²) in [6, 6.07) is 19.0. The molecule has 0 saturated carbocycles. The predicted molar refractivity (Wildman–Crippen MR) is 138 cm³/mol. The van der Waals surface area contributed by atoms with Crippen molar-refractivity contribution in [3.63, 3.8) is 0 Å². The van der Waals surface area contributed by atoms with Crippen LogP contribution in [0.1, 0.15) is 34.2 Å². The van der Waals surface area contributed by atoms with Gasteiger partial charge in [-0.25, -0.2) is 9.37 Å². The average Bonchev–Trinajstić information content (AvgIpc) is 3.28. The number of rotatable bonds is 6. The molecule has 4 aromatic rings. The van der Waals surface area contributed by atoms with Gasteiger partial charge in [-0.15, -0.1) is 0 Å². The molecule has 0 spiro atoms. The maximum absolute atomic E-state index is 13.2. The summed E-state index contributed by atoms with van der Waals surface area (Å²) in [5.74, 6) is -0.316. The molecule has 1 N–H and O–H groups in total. The molecule has 1 saturated heterocycles. The number of piperazine rings is 1. The normalized spacial score (nSPS) is 13.9. The number of anilines is 2. The van der Waals surface area contributed by atoms with E-state index in [0.29, 0.717) is 18.7 Å². The summed E-state index contributed by atoms with van der Waals surface area (Å²) in [6.07, 6.45) is 2.60. The van der Waals surface area contributed by atoms with Crippen molar-refractivity contribution in [3.05, 3.63) is 95.2 Å². The van der Waals surface area contributed by atoms with Gasteiger partial charge in [0.15, 0.2) is 0 Å². The van der Waals surface area contributed by atoms with E-state index in [1.54, 1.807) is 0 Å². The van der Waals surface area contributed by atoms with Gasteiger partial charge in [-0.3, -0.25) is 9.20 Å². The molecule has 180 valence electrons. The van der Waals surface area contributed by atoms with Crippen LogP contribution in [0.3, 0.4) is 0 Å². The van der Waals surface area contributed by atoms with Crippen LogP contribution in [-0.2, 0) is 13.0 Å². The van der Waals surface area contributed by atoms with Crippen LogP contribution in [0.4, 0.5) is 15.8 Å². The third-order valence-corrected chi connectivity index (χ3v) is 6.69. The van der Waals surface area contributed by atoms with Gasteiger partial charge in [0.1, 0.15) is 17.2 Å². The molecule has 1 fully saturated rings. The number of nitrogens with zero attached hydrogens (tertiary/aromatic N) is 4. The highest BCUT2D eigenvalue weighted by atomic mass is 19.1. The number of halogens is 1. The molecule has 35 heavy (non-hydrogen) atoms. The summed E-state index contributed by atoms with van der Waals surface area (Å²) in [5, 5.41) is 3.07. The van der Waals surface area contributed by atoms with E-state index in [0.717, 1.165) is 54.3 Å². The van der Waals surface area contributed by atoms with Crippen molar-refractivity contribution in [2.24, 2.45) is 0 Å². The van der Waals surface area contributed by atoms with Gasteiger partial charge in [0.05, 0.1) is 5.69 Å². The van der Waals surface area contributed by atoms with Crippen molar-refractivity contribution in [1.29, 1.82) is 0 Å². The number of pyridine rings is 1. The van der Waals surface area contributed by atoms with E-state index < -0.39 is 0 Å². The lowest BCUT2D eigenvalue weighted by atomic mass is 10.1. The highest BCUT2D eigenvalue weighted by molar-refractivity contribution is 5.94. The topological polar surface area (TPSA) is 52.9 Å². The largest absolute Gasteiger partial charge is 0.368 e. The van der Waals surface area contributed by atoms with Crippen LogP contribution in [0, 0.1) is 12.7 Å². The van der Waals surface area contributed by atoms with E-state index >= 15 is 0 Å². The van der Waals surface area contributed by atoms with E-state index in [4.69, 9.17) is 0 Å². The number of carbonyl (C=O) groups excluding carboxylic acids is 1. The van der Waals surface area contributed by atoms with Crippen molar-refractivity contribution in [2.75, 3.05) is 36.0 Å². The second-order valence-corrected chi connectivity index (χ2v) is 8.95. The lowest BCUT2D eigenvalue weighted by molar-refractivity contribution is 0.0944. The van der Waals surface area contributed by atoms with Gasteiger partial charge >= 0.3 is 0 Å². The molecule has 0 aliphatic carbocycles. The van der Waals surface area contributed by atoms with Crippen LogP contribution in [0.15, 0.2) is 66.9 Å². The molecular weight excluding hydrogens is 441 g/mol. The number of amides is 1. The molecule has 2 aromatic carbocycles. The number of aryl methyl sites for hydroxylation is 2. The minimum atomic E-state index is -0.205. The van der Waals surface area contributed by atoms with E-state index in [1.165, 1.54) is 17.8 Å². The molecule has 0 unspecified atom stereocenters. The minimum absolute atomic E-state index is 0.110. The number of aromatic nitrogens is 2. The van der Waals surface area contributed by atoms with Crippen LogP contribution in [0.2, 0.25) is 0 Å². The molecule has 0 atom stereocenters. The first-order valence-electron chi connectivity index (χ1n) is 12.1. The smallest absolute Gasteiger partial charge is 0.270 e. The van der Waals surface area contributed by atoms with Crippen LogP contribution in [-0.4, -0.2) is 41.5 Å². The van der Waals surface area contributed by atoms with Crippen molar-refractivity contribution in [1.82, 2.24) is 14.7 Å². The number of benzene rings is 2. The number of hydrogen-bond acceptors (Lipinski definition) is 4. The summed E-state index contributed by atoms with van der Waals surface area (Å²) in [7, 11) is 0. The molecule has 7 heteroatoms. The number of carbonyl (C=O) groups is 1. The molecule has 1 aliphatic heterocycles. The second kappa shape index (κ2) is 9.78. The third kappa shape index (κ3) is 4.71. The standard InChI is InChI=1S/C28H30FN5O/c1-3-25-26(34-14-4-5-20(2)27(34)31-25)28(35)30-19-21-6-10-23(11-7-21)32-15-17-33(18-16-32)24-12-8-22(29)9-13-24/h4-14H,3,15-19H2,1-2H3,(H,30,35). The zero-order chi connectivity index (χ0) is 24.4. The summed E-state index contributed by atoms with van der Waals surface area (Å²) < 4.78 is 15.1. The fourth-order valence-electron chi connectivity index (χ4n) is 4.70. The van der Waals surface area contributed by atoms with Crippen LogP contribution >= 0.6 is 0 Å². The van der Waals surface area contributed by atoms with Gasteiger partial charge in [0.25, 0.3) is 5.91 Å². The Morgan fingerprint density at radius 1 is 0.943 bits per heavy atom. The molecule has 0 radical (unpaired) electrons. The van der Waals surface area contributed by atoms with Crippen molar-refractivity contribution in [2.45, 2.75) is 26.8 Å². The first-order chi connectivity index (χ1) is 17.0. The Hall–Kier alpha value is -3.87. The van der Waals surface area contributed by atoms with E-state index in [9.17, 15) is 9.18 Å². The van der Waals surface area contributed by atoms with E-state index in [-0.39, 0.29) is 11.7 Å². The lowest BCUT2D eigenvalue weighted by Gasteiger charge is -2.37. The van der Waals surface area contributed by atoms with Crippen molar-refractivity contribution >= 4 is 22.9 Å². The van der Waals surface area contributed by atoms with Gasteiger partial charge in [0.2, 0.25) is 0 Å². The minimum Gasteiger partial charge on any atom is -0.368 e. The number of nitrogens with one attached hydrogen (secondary N) is 1. The highest BCUT2D eigenvalue weighted by Gasteiger charge is 2.20. The van der Waals surface area contributed by atoms with Crippen LogP contribution in [0.5, 0.6) is 0 Å². The molecule has 0 bridgehead atoms. The van der Waals surface area contributed by atoms with Gasteiger partial charge in [-0.1, -0.05) is 25.1 Å². The molecule has 1 amide bonds.